The molecule has 0 saturated carbocycles. The minimum Gasteiger partial charge on any atom is -0.326 e. The highest BCUT2D eigenvalue weighted by molar-refractivity contribution is 7.89. The fourth-order valence-corrected chi connectivity index (χ4v) is 4.72. The zero-order chi connectivity index (χ0) is 13.9. The van der Waals surface area contributed by atoms with Gasteiger partial charge in [0, 0.05) is 33.1 Å². The number of hydrogen-bond donors (Lipinski definition) is 2. The maximum atomic E-state index is 12.1. The number of sulfonamides is 1. The molecule has 3 N–H and O–H groups in total. The lowest BCUT2D eigenvalue weighted by Crippen LogP contribution is -2.22. The molecule has 0 aliphatic rings. The van der Waals surface area contributed by atoms with Gasteiger partial charge in [-0.05, 0) is 24.6 Å². The Kier molecular flexibility index (Phi) is 4.75. The average molecular weight is 316 g/mol. The first-order valence-electron chi connectivity index (χ1n) is 5.90. The predicted molar refractivity (Wildman–Crippen MR) is 79.9 cm³/mol. The highest BCUT2D eigenvalue weighted by Crippen LogP contribution is 2.20. The summed E-state index contributed by atoms with van der Waals surface area (Å²) in [5.41, 5.74) is 5.49. The molecule has 2 aromatic heterocycles. The maximum Gasteiger partial charge on any atom is 0.241 e. The number of aryl methyl sites for hydroxylation is 1. The van der Waals surface area contributed by atoms with E-state index in [1.54, 1.807) is 22.8 Å². The maximum absolute atomic E-state index is 12.1. The van der Waals surface area contributed by atoms with Crippen molar-refractivity contribution in [2.45, 2.75) is 31.3 Å². The molecule has 19 heavy (non-hydrogen) atoms. The lowest BCUT2D eigenvalue weighted by Gasteiger charge is -2.03. The predicted octanol–water partition coefficient (Wildman–Crippen LogP) is 2.31. The number of nitrogens with two attached hydrogens (primary N) is 1. The summed E-state index contributed by atoms with van der Waals surface area (Å²) in [5.74, 6) is 0. The molecule has 0 fully saturated rings. The van der Waals surface area contributed by atoms with E-state index >= 15 is 0 Å². The molecule has 2 rings (SSSR count). The van der Waals surface area contributed by atoms with Crippen LogP contribution >= 0.6 is 22.7 Å². The lowest BCUT2D eigenvalue weighted by molar-refractivity contribution is 0.582. The van der Waals surface area contributed by atoms with Gasteiger partial charge >= 0.3 is 0 Å². The molecular weight excluding hydrogens is 300 g/mol. The van der Waals surface area contributed by atoms with Crippen LogP contribution < -0.4 is 10.5 Å². The number of rotatable bonds is 6. The summed E-state index contributed by atoms with van der Waals surface area (Å²) in [5, 5.41) is 1.62. The first-order valence-corrected chi connectivity index (χ1v) is 9.08. The Labute approximate surface area is 121 Å². The molecular formula is C12H16N2O2S3. The average Bonchev–Trinajstić information content (AvgIpc) is 3.05. The Bertz CT molecular complexity index is 643. The van der Waals surface area contributed by atoms with Gasteiger partial charge in [-0.1, -0.05) is 6.92 Å². The van der Waals surface area contributed by atoms with E-state index in [1.807, 2.05) is 12.1 Å². The van der Waals surface area contributed by atoms with Crippen LogP contribution in [0.25, 0.3) is 0 Å². The van der Waals surface area contributed by atoms with Crippen LogP contribution in [0.5, 0.6) is 0 Å². The highest BCUT2D eigenvalue weighted by atomic mass is 32.2. The van der Waals surface area contributed by atoms with Crippen LogP contribution in [0.15, 0.2) is 28.5 Å². The summed E-state index contributed by atoms with van der Waals surface area (Å²) in [6.45, 7) is 2.78. The molecule has 0 aromatic carbocycles. The molecule has 0 spiro atoms. The van der Waals surface area contributed by atoms with Crippen LogP contribution in [-0.4, -0.2) is 8.42 Å². The number of thiophene rings is 2. The van der Waals surface area contributed by atoms with E-state index in [0.29, 0.717) is 18.0 Å². The normalized spacial score (nSPS) is 11.9. The van der Waals surface area contributed by atoms with Crippen LogP contribution in [0.1, 0.15) is 21.6 Å². The van der Waals surface area contributed by atoms with E-state index in [9.17, 15) is 8.42 Å². The number of nitrogens with one attached hydrogen (secondary N) is 1. The second-order valence-electron chi connectivity index (χ2n) is 4.00. The van der Waals surface area contributed by atoms with Gasteiger partial charge in [-0.15, -0.1) is 22.7 Å². The fourth-order valence-electron chi connectivity index (χ4n) is 1.57. The second kappa shape index (κ2) is 6.15. The summed E-state index contributed by atoms with van der Waals surface area (Å²) >= 11 is 3.00. The van der Waals surface area contributed by atoms with Crippen LogP contribution in [0.2, 0.25) is 0 Å². The third kappa shape index (κ3) is 3.64. The summed E-state index contributed by atoms with van der Waals surface area (Å²) in [6, 6.07) is 5.62. The van der Waals surface area contributed by atoms with Crippen LogP contribution in [-0.2, 0) is 29.5 Å². The van der Waals surface area contributed by atoms with Crippen molar-refractivity contribution in [3.05, 3.63) is 38.2 Å². The molecule has 4 nitrogen and oxygen atoms in total. The third-order valence-corrected chi connectivity index (χ3v) is 6.36. The van der Waals surface area contributed by atoms with Gasteiger partial charge in [-0.2, -0.15) is 0 Å². The third-order valence-electron chi connectivity index (χ3n) is 2.64. The SMILES string of the molecule is CCc1ccc(CNS(=O)(=O)c2csc(CN)c2)s1. The topological polar surface area (TPSA) is 72.2 Å². The van der Waals surface area contributed by atoms with Crippen molar-refractivity contribution in [3.63, 3.8) is 0 Å². The minimum absolute atomic E-state index is 0.297. The van der Waals surface area contributed by atoms with Crippen molar-refractivity contribution >= 4 is 32.7 Å². The second-order valence-corrected chi connectivity index (χ2v) is 8.01. The zero-order valence-corrected chi connectivity index (χ0v) is 13.0. The Hall–Kier alpha value is -0.730. The molecule has 0 radical (unpaired) electrons. The Morgan fingerprint density at radius 2 is 2.00 bits per heavy atom. The van der Waals surface area contributed by atoms with E-state index in [-0.39, 0.29) is 0 Å². The molecule has 0 saturated heterocycles. The van der Waals surface area contributed by atoms with E-state index in [4.69, 9.17) is 5.73 Å². The van der Waals surface area contributed by atoms with Crippen molar-refractivity contribution in [1.29, 1.82) is 0 Å². The van der Waals surface area contributed by atoms with Crippen molar-refractivity contribution in [2.75, 3.05) is 0 Å². The van der Waals surface area contributed by atoms with E-state index in [0.717, 1.165) is 16.2 Å². The molecule has 0 aliphatic heterocycles. The molecule has 104 valence electrons. The van der Waals surface area contributed by atoms with Crippen molar-refractivity contribution < 1.29 is 8.42 Å². The quantitative estimate of drug-likeness (QED) is 0.859. The van der Waals surface area contributed by atoms with Gasteiger partial charge in [0.15, 0.2) is 0 Å². The molecule has 7 heteroatoms. The van der Waals surface area contributed by atoms with E-state index in [2.05, 4.69) is 11.6 Å². The van der Waals surface area contributed by atoms with E-state index in [1.165, 1.54) is 16.2 Å². The number of hydrogen-bond acceptors (Lipinski definition) is 5. The summed E-state index contributed by atoms with van der Waals surface area (Å²) in [7, 11) is -3.43. The molecule has 0 unspecified atom stereocenters. The van der Waals surface area contributed by atoms with Gasteiger partial charge in [0.1, 0.15) is 0 Å². The highest BCUT2D eigenvalue weighted by Gasteiger charge is 2.16. The van der Waals surface area contributed by atoms with Gasteiger partial charge in [0.25, 0.3) is 0 Å². The monoisotopic (exact) mass is 316 g/mol. The summed E-state index contributed by atoms with van der Waals surface area (Å²) in [6.07, 6.45) is 0.974. The van der Waals surface area contributed by atoms with Gasteiger partial charge in [0.2, 0.25) is 10.0 Å². The van der Waals surface area contributed by atoms with Crippen LogP contribution in [0.4, 0.5) is 0 Å². The smallest absolute Gasteiger partial charge is 0.241 e. The largest absolute Gasteiger partial charge is 0.326 e. The first kappa shape index (κ1) is 14.7. The van der Waals surface area contributed by atoms with Gasteiger partial charge in [-0.3, -0.25) is 0 Å². The Morgan fingerprint density at radius 1 is 1.26 bits per heavy atom. The van der Waals surface area contributed by atoms with Crippen LogP contribution in [0, 0.1) is 0 Å². The summed E-state index contributed by atoms with van der Waals surface area (Å²) in [4.78, 5) is 3.44. The van der Waals surface area contributed by atoms with Crippen LogP contribution in [0.3, 0.4) is 0 Å². The van der Waals surface area contributed by atoms with Gasteiger partial charge in [0.05, 0.1) is 4.90 Å². The zero-order valence-electron chi connectivity index (χ0n) is 10.5. The van der Waals surface area contributed by atoms with Gasteiger partial charge in [-0.25, -0.2) is 13.1 Å². The molecule has 0 aliphatic carbocycles. The standard InChI is InChI=1S/C12H16N2O2S3/c1-2-9-3-4-10(18-9)7-14-19(15,16)12-5-11(6-13)17-8-12/h3-5,8,14H,2,6-7,13H2,1H3. The molecule has 0 amide bonds. The first-order chi connectivity index (χ1) is 9.05. The minimum atomic E-state index is -3.43. The molecule has 2 aromatic rings. The lowest BCUT2D eigenvalue weighted by atomic mass is 10.4. The fraction of sp³-hybridized carbons (Fsp3) is 0.333. The molecule has 0 bridgehead atoms. The molecule has 0 atom stereocenters. The summed E-state index contributed by atoms with van der Waals surface area (Å²) < 4.78 is 26.8. The van der Waals surface area contributed by atoms with Gasteiger partial charge < -0.3 is 5.73 Å². The Morgan fingerprint density at radius 3 is 2.58 bits per heavy atom. The Balaban J connectivity index is 2.05. The van der Waals surface area contributed by atoms with Crippen molar-refractivity contribution in [1.82, 2.24) is 4.72 Å². The van der Waals surface area contributed by atoms with E-state index < -0.39 is 10.0 Å². The van der Waals surface area contributed by atoms with Crippen molar-refractivity contribution in [2.24, 2.45) is 5.73 Å². The van der Waals surface area contributed by atoms with Crippen molar-refractivity contribution in [3.8, 4) is 0 Å². The molecule has 2 heterocycles.